The van der Waals surface area contributed by atoms with Crippen LogP contribution in [0.25, 0.3) is 0 Å². The average Bonchev–Trinajstić information content (AvgIpc) is 2.43. The number of hydrogen-bond acceptors (Lipinski definition) is 4. The molecule has 1 rings (SSSR count). The number of carbonyl (C=O) groups excluding carboxylic acids is 2. The van der Waals surface area contributed by atoms with Gasteiger partial charge in [0, 0.05) is 18.3 Å². The first-order valence-corrected chi connectivity index (χ1v) is 8.90. The van der Waals surface area contributed by atoms with Crippen molar-refractivity contribution in [3.05, 3.63) is 29.6 Å². The first-order chi connectivity index (χ1) is 10.5. The van der Waals surface area contributed by atoms with Crippen LogP contribution in [0.1, 0.15) is 39.7 Å². The monoisotopic (exact) mass is 343 g/mol. The molecule has 1 amide bonds. The molecule has 0 atom stereocenters. The van der Waals surface area contributed by atoms with Gasteiger partial charge in [-0.25, -0.2) is 17.5 Å². The molecule has 23 heavy (non-hydrogen) atoms. The van der Waals surface area contributed by atoms with Gasteiger partial charge in [0.1, 0.15) is 11.6 Å². The lowest BCUT2D eigenvalue weighted by Gasteiger charge is -2.11. The first-order valence-electron chi connectivity index (χ1n) is 7.41. The van der Waals surface area contributed by atoms with E-state index < -0.39 is 27.7 Å². The zero-order valence-corrected chi connectivity index (χ0v) is 14.5. The van der Waals surface area contributed by atoms with E-state index in [1.165, 1.54) is 12.1 Å². The smallest absolute Gasteiger partial charge is 0.264 e. The van der Waals surface area contributed by atoms with Crippen molar-refractivity contribution in [3.8, 4) is 0 Å². The second kappa shape index (κ2) is 7.68. The standard InChI is InChI=1S/C16H22FNO4S/c1-10(2)15(19)6-5-12-7-13(17)9-14(8-12)23(21,22)18-16(20)11(3)4/h7-11H,5-6H2,1-4H3,(H,18,20). The highest BCUT2D eigenvalue weighted by Crippen LogP contribution is 2.17. The van der Waals surface area contributed by atoms with Gasteiger partial charge in [-0.2, -0.15) is 0 Å². The highest BCUT2D eigenvalue weighted by molar-refractivity contribution is 7.90. The van der Waals surface area contributed by atoms with Crippen LogP contribution in [0.5, 0.6) is 0 Å². The molecular weight excluding hydrogens is 321 g/mol. The van der Waals surface area contributed by atoms with E-state index in [9.17, 15) is 22.4 Å². The van der Waals surface area contributed by atoms with Gasteiger partial charge >= 0.3 is 0 Å². The fourth-order valence-corrected chi connectivity index (χ4v) is 2.98. The van der Waals surface area contributed by atoms with Crippen LogP contribution in [0.3, 0.4) is 0 Å². The summed E-state index contributed by atoms with van der Waals surface area (Å²) in [5.74, 6) is -2.01. The van der Waals surface area contributed by atoms with Crippen LogP contribution in [0.4, 0.5) is 4.39 Å². The van der Waals surface area contributed by atoms with E-state index in [-0.39, 0.29) is 29.4 Å². The summed E-state index contributed by atoms with van der Waals surface area (Å²) in [6.45, 7) is 6.65. The van der Waals surface area contributed by atoms with Crippen LogP contribution in [0, 0.1) is 17.7 Å². The summed E-state index contributed by atoms with van der Waals surface area (Å²) in [7, 11) is -4.13. The van der Waals surface area contributed by atoms with Crippen molar-refractivity contribution in [1.82, 2.24) is 4.72 Å². The second-order valence-corrected chi connectivity index (χ2v) is 7.72. The van der Waals surface area contributed by atoms with E-state index in [0.717, 1.165) is 6.07 Å². The van der Waals surface area contributed by atoms with Gasteiger partial charge in [-0.1, -0.05) is 27.7 Å². The van der Waals surface area contributed by atoms with Gasteiger partial charge in [0.15, 0.2) is 0 Å². The number of amides is 1. The number of halogens is 1. The van der Waals surface area contributed by atoms with Crippen LogP contribution in [-0.4, -0.2) is 20.1 Å². The lowest BCUT2D eigenvalue weighted by molar-refractivity contribution is -0.122. The third-order valence-electron chi connectivity index (χ3n) is 3.30. The van der Waals surface area contributed by atoms with Crippen molar-refractivity contribution in [3.63, 3.8) is 0 Å². The number of aryl methyl sites for hydroxylation is 1. The lowest BCUT2D eigenvalue weighted by atomic mass is 10.0. The molecule has 0 saturated heterocycles. The maximum atomic E-state index is 13.7. The van der Waals surface area contributed by atoms with Crippen molar-refractivity contribution in [2.45, 2.75) is 45.4 Å². The fourth-order valence-electron chi connectivity index (χ4n) is 1.79. The zero-order valence-electron chi connectivity index (χ0n) is 13.7. The zero-order chi connectivity index (χ0) is 17.8. The minimum Gasteiger partial charge on any atom is -0.299 e. The van der Waals surface area contributed by atoms with Crippen molar-refractivity contribution in [2.75, 3.05) is 0 Å². The van der Waals surface area contributed by atoms with Gasteiger partial charge in [0.2, 0.25) is 5.91 Å². The van der Waals surface area contributed by atoms with Crippen LogP contribution in [0.15, 0.2) is 23.1 Å². The summed E-state index contributed by atoms with van der Waals surface area (Å²) < 4.78 is 39.8. The Kier molecular flexibility index (Phi) is 6.44. The van der Waals surface area contributed by atoms with Gasteiger partial charge in [0.25, 0.3) is 10.0 Å². The lowest BCUT2D eigenvalue weighted by Crippen LogP contribution is -2.33. The molecule has 0 bridgehead atoms. The molecule has 0 aliphatic rings. The van der Waals surface area contributed by atoms with E-state index in [1.54, 1.807) is 27.7 Å². The average molecular weight is 343 g/mol. The molecule has 0 aliphatic carbocycles. The summed E-state index contributed by atoms with van der Waals surface area (Å²) in [6, 6.07) is 3.33. The normalized spacial score (nSPS) is 11.8. The minimum atomic E-state index is -4.13. The van der Waals surface area contributed by atoms with Crippen LogP contribution in [0.2, 0.25) is 0 Å². The molecule has 0 aromatic heterocycles. The molecule has 0 saturated carbocycles. The second-order valence-electron chi connectivity index (χ2n) is 6.04. The number of rotatable bonds is 7. The van der Waals surface area contributed by atoms with E-state index >= 15 is 0 Å². The molecule has 128 valence electrons. The molecule has 1 aromatic carbocycles. The predicted octanol–water partition coefficient (Wildman–Crippen LogP) is 2.44. The molecular formula is C16H22FNO4S. The Hall–Kier alpha value is -1.76. The number of carbonyl (C=O) groups is 2. The predicted molar refractivity (Wildman–Crippen MR) is 84.7 cm³/mol. The molecule has 0 unspecified atom stereocenters. The molecule has 1 aromatic rings. The topological polar surface area (TPSA) is 80.3 Å². The number of sulfonamides is 1. The maximum absolute atomic E-state index is 13.7. The molecule has 0 radical (unpaired) electrons. The van der Waals surface area contributed by atoms with Crippen LogP contribution in [-0.2, 0) is 26.0 Å². The Labute approximate surface area is 136 Å². The quantitative estimate of drug-likeness (QED) is 0.824. The summed E-state index contributed by atoms with van der Waals surface area (Å²) in [5.41, 5.74) is 0.399. The third kappa shape index (κ3) is 5.74. The van der Waals surface area contributed by atoms with Crippen molar-refractivity contribution < 1.29 is 22.4 Å². The van der Waals surface area contributed by atoms with Crippen LogP contribution >= 0.6 is 0 Å². The molecule has 5 nitrogen and oxygen atoms in total. The van der Waals surface area contributed by atoms with E-state index in [2.05, 4.69) is 0 Å². The van der Waals surface area contributed by atoms with E-state index in [1.807, 2.05) is 4.72 Å². The van der Waals surface area contributed by atoms with Gasteiger partial charge in [0.05, 0.1) is 4.90 Å². The number of nitrogens with one attached hydrogen (secondary N) is 1. The summed E-state index contributed by atoms with van der Waals surface area (Å²) in [4.78, 5) is 22.9. The summed E-state index contributed by atoms with van der Waals surface area (Å²) in [6.07, 6.45) is 0.453. The van der Waals surface area contributed by atoms with Gasteiger partial charge < -0.3 is 0 Å². The summed E-state index contributed by atoms with van der Waals surface area (Å²) in [5, 5.41) is 0. The van der Waals surface area contributed by atoms with Crippen molar-refractivity contribution in [2.24, 2.45) is 11.8 Å². The first kappa shape index (κ1) is 19.3. The Morgan fingerprint density at radius 1 is 1.09 bits per heavy atom. The molecule has 0 aliphatic heterocycles. The van der Waals surface area contributed by atoms with E-state index in [0.29, 0.717) is 5.56 Å². The Balaban J connectivity index is 3.00. The summed E-state index contributed by atoms with van der Waals surface area (Å²) >= 11 is 0. The van der Waals surface area contributed by atoms with Crippen molar-refractivity contribution in [1.29, 1.82) is 0 Å². The number of hydrogen-bond donors (Lipinski definition) is 1. The highest BCUT2D eigenvalue weighted by Gasteiger charge is 2.21. The van der Waals surface area contributed by atoms with Gasteiger partial charge in [-0.05, 0) is 30.2 Å². The maximum Gasteiger partial charge on any atom is 0.264 e. The molecule has 0 heterocycles. The Morgan fingerprint density at radius 3 is 2.22 bits per heavy atom. The van der Waals surface area contributed by atoms with Crippen molar-refractivity contribution >= 4 is 21.7 Å². The largest absolute Gasteiger partial charge is 0.299 e. The highest BCUT2D eigenvalue weighted by atomic mass is 32.2. The Morgan fingerprint density at radius 2 is 1.70 bits per heavy atom. The molecule has 1 N–H and O–H groups in total. The molecule has 0 fully saturated rings. The SMILES string of the molecule is CC(C)C(=O)CCc1cc(F)cc(S(=O)(=O)NC(=O)C(C)C)c1. The Bertz CT molecular complexity index is 696. The number of Topliss-reactive ketones (excluding diaryl/α,β-unsaturated/α-hetero) is 1. The minimum absolute atomic E-state index is 0.0202. The van der Waals surface area contributed by atoms with E-state index in [4.69, 9.17) is 0 Å². The third-order valence-corrected chi connectivity index (χ3v) is 4.63. The fraction of sp³-hybridized carbons (Fsp3) is 0.500. The van der Waals surface area contributed by atoms with Gasteiger partial charge in [-0.3, -0.25) is 9.59 Å². The molecule has 7 heteroatoms. The number of ketones is 1. The molecule has 0 spiro atoms. The van der Waals surface area contributed by atoms with Gasteiger partial charge in [-0.15, -0.1) is 0 Å². The van der Waals surface area contributed by atoms with Crippen LogP contribution < -0.4 is 4.72 Å². The number of benzene rings is 1.